The van der Waals surface area contributed by atoms with E-state index in [4.69, 9.17) is 23.1 Å². The maximum absolute atomic E-state index is 12.4. The summed E-state index contributed by atoms with van der Waals surface area (Å²) in [5, 5.41) is 2.53. The van der Waals surface area contributed by atoms with Crippen LogP contribution in [0.25, 0.3) is 0 Å². The Kier molecular flexibility index (Phi) is 5.05. The number of imide groups is 1. The normalized spacial score (nSPS) is 10.1. The molecular weight excluding hydrogens is 332 g/mol. The van der Waals surface area contributed by atoms with Crippen molar-refractivity contribution in [2.45, 2.75) is 6.92 Å². The molecule has 0 saturated heterocycles. The number of benzene rings is 2. The predicted molar refractivity (Wildman–Crippen MR) is 93.5 cm³/mol. The average molecular weight is 347 g/mol. The summed E-state index contributed by atoms with van der Waals surface area (Å²) in [5.41, 5.74) is 12.4. The molecule has 0 aliphatic heterocycles. The van der Waals surface area contributed by atoms with E-state index in [-0.39, 0.29) is 16.4 Å². The van der Waals surface area contributed by atoms with Gasteiger partial charge >= 0.3 is 11.8 Å². The Morgan fingerprint density at radius 2 is 1.71 bits per heavy atom. The van der Waals surface area contributed by atoms with Crippen molar-refractivity contribution in [1.82, 2.24) is 0 Å². The van der Waals surface area contributed by atoms with Gasteiger partial charge in [-0.25, -0.2) is 4.90 Å². The molecule has 124 valence electrons. The van der Waals surface area contributed by atoms with Crippen LogP contribution in [-0.4, -0.2) is 17.7 Å². The van der Waals surface area contributed by atoms with Gasteiger partial charge in [0.25, 0.3) is 0 Å². The highest BCUT2D eigenvalue weighted by atomic mass is 35.5. The number of nitrogens with zero attached hydrogens (tertiary/aromatic N) is 1. The Balaban J connectivity index is 2.26. The smallest absolute Gasteiger partial charge is 0.323 e. The van der Waals surface area contributed by atoms with Crippen LogP contribution in [0.4, 0.5) is 22.7 Å². The molecule has 2 aromatic carbocycles. The molecule has 7 nitrogen and oxygen atoms in total. The van der Waals surface area contributed by atoms with Crippen LogP contribution >= 0.6 is 11.6 Å². The molecule has 0 bridgehead atoms. The van der Waals surface area contributed by atoms with Gasteiger partial charge in [-0.05, 0) is 36.4 Å². The monoisotopic (exact) mass is 346 g/mol. The lowest BCUT2D eigenvalue weighted by Gasteiger charge is -2.19. The van der Waals surface area contributed by atoms with Crippen molar-refractivity contribution < 1.29 is 14.4 Å². The fraction of sp³-hybridized carbons (Fsp3) is 0.0625. The van der Waals surface area contributed by atoms with Crippen molar-refractivity contribution >= 4 is 52.1 Å². The Hall–Kier alpha value is -3.06. The third-order valence-corrected chi connectivity index (χ3v) is 3.39. The molecule has 0 aliphatic carbocycles. The third kappa shape index (κ3) is 3.82. The molecule has 0 atom stereocenters. The zero-order valence-corrected chi connectivity index (χ0v) is 13.5. The quantitative estimate of drug-likeness (QED) is 0.568. The molecule has 2 aromatic rings. The van der Waals surface area contributed by atoms with Gasteiger partial charge in [0.05, 0.1) is 16.4 Å². The topological polar surface area (TPSA) is 119 Å². The molecule has 2 rings (SSSR count). The lowest BCUT2D eigenvalue weighted by Crippen LogP contribution is -2.42. The predicted octanol–water partition coefficient (Wildman–Crippen LogP) is 2.02. The summed E-state index contributed by atoms with van der Waals surface area (Å²) in [5.74, 6) is -2.69. The molecule has 0 aliphatic rings. The Bertz CT molecular complexity index is 823. The summed E-state index contributed by atoms with van der Waals surface area (Å²) in [6.45, 7) is 1.17. The molecule has 0 spiro atoms. The molecule has 3 amide bonds. The second kappa shape index (κ2) is 7.01. The third-order valence-electron chi connectivity index (χ3n) is 3.08. The number of nitrogens with one attached hydrogen (secondary N) is 1. The van der Waals surface area contributed by atoms with E-state index >= 15 is 0 Å². The van der Waals surface area contributed by atoms with Gasteiger partial charge in [0.1, 0.15) is 0 Å². The number of halogens is 1. The first-order chi connectivity index (χ1) is 11.3. The summed E-state index contributed by atoms with van der Waals surface area (Å²) in [6, 6.07) is 10.5. The average Bonchev–Trinajstić information content (AvgIpc) is 2.49. The number of carbonyl (C=O) groups excluding carboxylic acids is 3. The summed E-state index contributed by atoms with van der Waals surface area (Å²) >= 11 is 5.96. The minimum atomic E-state index is -1.05. The highest BCUT2D eigenvalue weighted by Crippen LogP contribution is 2.24. The zero-order chi connectivity index (χ0) is 17.9. The summed E-state index contributed by atoms with van der Waals surface area (Å²) in [4.78, 5) is 37.1. The maximum atomic E-state index is 12.4. The van der Waals surface area contributed by atoms with Crippen molar-refractivity contribution in [3.05, 3.63) is 47.5 Å². The lowest BCUT2D eigenvalue weighted by molar-refractivity contribution is -0.136. The molecule has 0 aromatic heterocycles. The number of nitrogens with two attached hydrogens (primary N) is 2. The summed E-state index contributed by atoms with van der Waals surface area (Å²) in [6.07, 6.45) is 0. The first-order valence-electron chi connectivity index (χ1n) is 6.86. The van der Waals surface area contributed by atoms with E-state index in [9.17, 15) is 14.4 Å². The van der Waals surface area contributed by atoms with Gasteiger partial charge in [-0.1, -0.05) is 17.7 Å². The SMILES string of the molecule is CC(=O)N(C(=O)C(=O)Nc1ccc(N)cc1Cl)c1cccc(N)c1. The van der Waals surface area contributed by atoms with Gasteiger partial charge in [0.2, 0.25) is 5.91 Å². The fourth-order valence-electron chi connectivity index (χ4n) is 2.02. The van der Waals surface area contributed by atoms with E-state index in [2.05, 4.69) is 5.32 Å². The molecule has 5 N–H and O–H groups in total. The van der Waals surface area contributed by atoms with Crippen LogP contribution in [-0.2, 0) is 14.4 Å². The summed E-state index contributed by atoms with van der Waals surface area (Å²) in [7, 11) is 0. The summed E-state index contributed by atoms with van der Waals surface area (Å²) < 4.78 is 0. The molecular formula is C16H15ClN4O3. The van der Waals surface area contributed by atoms with Crippen molar-refractivity contribution in [2.24, 2.45) is 0 Å². The van der Waals surface area contributed by atoms with E-state index in [0.29, 0.717) is 11.4 Å². The first kappa shape index (κ1) is 17.3. The number of amides is 3. The number of hydrogen-bond acceptors (Lipinski definition) is 5. The number of nitrogen functional groups attached to an aromatic ring is 2. The molecule has 8 heteroatoms. The second-order valence-corrected chi connectivity index (χ2v) is 5.36. The number of rotatable bonds is 2. The first-order valence-corrected chi connectivity index (χ1v) is 7.24. The Morgan fingerprint density at radius 1 is 1.04 bits per heavy atom. The van der Waals surface area contributed by atoms with E-state index < -0.39 is 17.7 Å². The largest absolute Gasteiger partial charge is 0.399 e. The second-order valence-electron chi connectivity index (χ2n) is 4.95. The molecule has 0 saturated carbocycles. The molecule has 0 unspecified atom stereocenters. The van der Waals surface area contributed by atoms with Crippen LogP contribution in [0.5, 0.6) is 0 Å². The van der Waals surface area contributed by atoms with Gasteiger partial charge < -0.3 is 16.8 Å². The van der Waals surface area contributed by atoms with E-state index in [0.717, 1.165) is 4.90 Å². The van der Waals surface area contributed by atoms with Crippen LogP contribution in [0.3, 0.4) is 0 Å². The van der Waals surface area contributed by atoms with Crippen molar-refractivity contribution in [3.63, 3.8) is 0 Å². The number of carbonyl (C=O) groups is 3. The minimum Gasteiger partial charge on any atom is -0.399 e. The van der Waals surface area contributed by atoms with E-state index in [1.165, 1.54) is 37.3 Å². The standard InChI is InChI=1S/C16H15ClN4O3/c1-9(22)21(12-4-2-3-10(18)7-12)16(24)15(23)20-14-6-5-11(19)8-13(14)17/h2-8H,18-19H2,1H3,(H,20,23). The van der Waals surface area contributed by atoms with Crippen LogP contribution in [0.1, 0.15) is 6.92 Å². The molecule has 24 heavy (non-hydrogen) atoms. The van der Waals surface area contributed by atoms with Gasteiger partial charge in [-0.2, -0.15) is 0 Å². The van der Waals surface area contributed by atoms with Gasteiger partial charge in [0.15, 0.2) is 0 Å². The van der Waals surface area contributed by atoms with Crippen LogP contribution in [0, 0.1) is 0 Å². The van der Waals surface area contributed by atoms with Gasteiger partial charge in [-0.15, -0.1) is 0 Å². The van der Waals surface area contributed by atoms with Crippen molar-refractivity contribution in [2.75, 3.05) is 21.7 Å². The van der Waals surface area contributed by atoms with Gasteiger partial charge in [0, 0.05) is 18.3 Å². The Labute approximate surface area is 143 Å². The maximum Gasteiger partial charge on any atom is 0.323 e. The van der Waals surface area contributed by atoms with Crippen LogP contribution in [0.2, 0.25) is 5.02 Å². The molecule has 0 heterocycles. The Morgan fingerprint density at radius 3 is 2.29 bits per heavy atom. The number of anilines is 4. The zero-order valence-electron chi connectivity index (χ0n) is 12.7. The molecule has 0 fully saturated rings. The highest BCUT2D eigenvalue weighted by molar-refractivity contribution is 6.49. The van der Waals surface area contributed by atoms with Crippen molar-refractivity contribution in [1.29, 1.82) is 0 Å². The minimum absolute atomic E-state index is 0.175. The van der Waals surface area contributed by atoms with E-state index in [1.54, 1.807) is 12.1 Å². The van der Waals surface area contributed by atoms with Crippen molar-refractivity contribution in [3.8, 4) is 0 Å². The number of hydrogen-bond donors (Lipinski definition) is 3. The fourth-order valence-corrected chi connectivity index (χ4v) is 2.25. The van der Waals surface area contributed by atoms with Crippen LogP contribution < -0.4 is 21.7 Å². The lowest BCUT2D eigenvalue weighted by atomic mass is 10.2. The molecule has 0 radical (unpaired) electrons. The highest BCUT2D eigenvalue weighted by Gasteiger charge is 2.27. The van der Waals surface area contributed by atoms with Crippen LogP contribution in [0.15, 0.2) is 42.5 Å². The van der Waals surface area contributed by atoms with E-state index in [1.807, 2.05) is 0 Å². The van der Waals surface area contributed by atoms with Gasteiger partial charge in [-0.3, -0.25) is 14.4 Å².